The summed E-state index contributed by atoms with van der Waals surface area (Å²) in [6.07, 6.45) is 0.725. The minimum absolute atomic E-state index is 0.0248. The van der Waals surface area contributed by atoms with Gasteiger partial charge in [-0.05, 0) is 48.7 Å². The van der Waals surface area contributed by atoms with Crippen LogP contribution in [0.2, 0.25) is 5.02 Å². The lowest BCUT2D eigenvalue weighted by Gasteiger charge is -2.27. The van der Waals surface area contributed by atoms with Crippen molar-refractivity contribution in [2.24, 2.45) is 23.7 Å². The van der Waals surface area contributed by atoms with Crippen molar-refractivity contribution in [3.63, 3.8) is 0 Å². The highest BCUT2D eigenvalue weighted by Crippen LogP contribution is 2.60. The summed E-state index contributed by atoms with van der Waals surface area (Å²) in [6.45, 7) is 0. The van der Waals surface area contributed by atoms with Crippen molar-refractivity contribution >= 4 is 56.7 Å². The lowest BCUT2D eigenvalue weighted by Crippen LogP contribution is -2.40. The van der Waals surface area contributed by atoms with Crippen LogP contribution in [0.25, 0.3) is 0 Å². The number of para-hydroxylation sites is 1. The molecule has 1 saturated heterocycles. The fourth-order valence-electron chi connectivity index (χ4n) is 5.02. The highest BCUT2D eigenvalue weighted by molar-refractivity contribution is 9.09. The van der Waals surface area contributed by atoms with E-state index in [1.807, 2.05) is 0 Å². The molecular formula is C22H18BrClN2O4. The van der Waals surface area contributed by atoms with Crippen LogP contribution in [0.3, 0.4) is 0 Å². The van der Waals surface area contributed by atoms with Gasteiger partial charge >= 0.3 is 5.97 Å². The standard InChI is InChI=1S/C22H18BrClN2O4/c23-18-12-9-13-17(22(29)30-19(13)18)16(12)21(28)25-11-7-5-10(6-8-11)20(27)26-15-4-2-1-3-14(15)24/h1-8,12-13,16-19H,9H2,(H,25,28)(H,26,27)/t12-,13-,16-,17-,18-,19+/m1/s1. The molecule has 2 aromatic rings. The molecule has 1 aliphatic heterocycles. The summed E-state index contributed by atoms with van der Waals surface area (Å²) >= 11 is 9.69. The molecule has 2 aromatic carbocycles. The van der Waals surface area contributed by atoms with E-state index >= 15 is 0 Å². The van der Waals surface area contributed by atoms with Gasteiger partial charge in [0.25, 0.3) is 5.91 Å². The summed E-state index contributed by atoms with van der Waals surface area (Å²) in [5.74, 6) is -1.27. The van der Waals surface area contributed by atoms with Crippen molar-refractivity contribution in [3.8, 4) is 0 Å². The molecule has 6 nitrogen and oxygen atoms in total. The first-order valence-electron chi connectivity index (χ1n) is 9.75. The molecule has 154 valence electrons. The largest absolute Gasteiger partial charge is 0.461 e. The zero-order valence-corrected chi connectivity index (χ0v) is 18.0. The minimum atomic E-state index is -0.395. The number of benzene rings is 2. The van der Waals surface area contributed by atoms with Gasteiger partial charge in [-0.3, -0.25) is 14.4 Å². The monoisotopic (exact) mass is 488 g/mol. The Morgan fingerprint density at radius 3 is 2.50 bits per heavy atom. The first-order valence-corrected chi connectivity index (χ1v) is 11.0. The molecule has 3 aliphatic rings. The number of hydrogen-bond donors (Lipinski definition) is 2. The van der Waals surface area contributed by atoms with E-state index in [0.29, 0.717) is 22.0 Å². The lowest BCUT2D eigenvalue weighted by molar-refractivity contribution is -0.145. The van der Waals surface area contributed by atoms with Crippen LogP contribution in [0.5, 0.6) is 0 Å². The molecule has 3 fully saturated rings. The molecule has 2 amide bonds. The number of ether oxygens (including phenoxy) is 1. The second-order valence-corrected chi connectivity index (χ2v) is 9.43. The summed E-state index contributed by atoms with van der Waals surface area (Å²) in [7, 11) is 0. The van der Waals surface area contributed by atoms with E-state index in [0.717, 1.165) is 6.42 Å². The Kier molecular flexibility index (Phi) is 4.82. The first kappa shape index (κ1) is 19.6. The molecule has 0 spiro atoms. The Morgan fingerprint density at radius 2 is 1.77 bits per heavy atom. The Morgan fingerprint density at radius 1 is 1.03 bits per heavy atom. The van der Waals surface area contributed by atoms with E-state index in [4.69, 9.17) is 16.3 Å². The van der Waals surface area contributed by atoms with Gasteiger partial charge in [-0.15, -0.1) is 0 Å². The molecule has 0 aromatic heterocycles. The van der Waals surface area contributed by atoms with Gasteiger partial charge in [0.2, 0.25) is 5.91 Å². The summed E-state index contributed by atoms with van der Waals surface area (Å²) in [5, 5.41) is 6.12. The molecule has 1 heterocycles. The number of nitrogens with one attached hydrogen (secondary N) is 2. The van der Waals surface area contributed by atoms with Gasteiger partial charge < -0.3 is 15.4 Å². The van der Waals surface area contributed by atoms with Crippen molar-refractivity contribution in [2.45, 2.75) is 17.4 Å². The highest BCUT2D eigenvalue weighted by Gasteiger charge is 2.67. The maximum atomic E-state index is 12.9. The van der Waals surface area contributed by atoms with E-state index < -0.39 is 5.92 Å². The summed E-state index contributed by atoms with van der Waals surface area (Å²) < 4.78 is 5.46. The molecule has 5 rings (SSSR count). The van der Waals surface area contributed by atoms with Crippen LogP contribution in [-0.2, 0) is 14.3 Å². The Bertz CT molecular complexity index is 1040. The number of rotatable bonds is 4. The molecule has 2 aliphatic carbocycles. The molecule has 2 saturated carbocycles. The Hall–Kier alpha value is -2.38. The summed E-state index contributed by atoms with van der Waals surface area (Å²) in [5.41, 5.74) is 1.55. The van der Waals surface area contributed by atoms with Crippen LogP contribution in [-0.4, -0.2) is 28.7 Å². The van der Waals surface area contributed by atoms with Gasteiger partial charge in [-0.2, -0.15) is 0 Å². The topological polar surface area (TPSA) is 84.5 Å². The van der Waals surface area contributed by atoms with Gasteiger partial charge in [0.05, 0.1) is 27.4 Å². The fourth-order valence-corrected chi connectivity index (χ4v) is 6.25. The van der Waals surface area contributed by atoms with Gasteiger partial charge in [-0.25, -0.2) is 0 Å². The Balaban J connectivity index is 1.26. The van der Waals surface area contributed by atoms with Crippen molar-refractivity contribution in [3.05, 3.63) is 59.1 Å². The third-order valence-corrected chi connectivity index (χ3v) is 7.89. The maximum Gasteiger partial charge on any atom is 0.310 e. The number of halogens is 2. The predicted molar refractivity (Wildman–Crippen MR) is 116 cm³/mol. The van der Waals surface area contributed by atoms with Gasteiger partial charge in [0.1, 0.15) is 6.10 Å². The van der Waals surface area contributed by atoms with Crippen LogP contribution in [0, 0.1) is 23.7 Å². The van der Waals surface area contributed by atoms with Crippen molar-refractivity contribution in [1.29, 1.82) is 0 Å². The zero-order valence-electron chi connectivity index (χ0n) is 15.7. The molecule has 0 unspecified atom stereocenters. The number of carbonyl (C=O) groups excluding carboxylic acids is 3. The lowest BCUT2D eigenvalue weighted by atomic mass is 9.79. The second kappa shape index (κ2) is 7.39. The van der Waals surface area contributed by atoms with Crippen LogP contribution >= 0.6 is 27.5 Å². The van der Waals surface area contributed by atoms with Gasteiger partial charge in [0.15, 0.2) is 0 Å². The normalized spacial score (nSPS) is 30.8. The average molecular weight is 490 g/mol. The van der Waals surface area contributed by atoms with E-state index in [-0.39, 0.29) is 46.5 Å². The third kappa shape index (κ3) is 3.11. The summed E-state index contributed by atoms with van der Waals surface area (Å²) in [4.78, 5) is 37.6. The number of fused-ring (bicyclic) bond motifs is 1. The van der Waals surface area contributed by atoms with Gasteiger partial charge in [-0.1, -0.05) is 39.7 Å². The van der Waals surface area contributed by atoms with Crippen molar-refractivity contribution < 1.29 is 19.1 Å². The highest BCUT2D eigenvalue weighted by atomic mass is 79.9. The molecule has 8 heteroatoms. The zero-order chi connectivity index (χ0) is 21.0. The van der Waals surface area contributed by atoms with Crippen LogP contribution in [0.4, 0.5) is 11.4 Å². The maximum absolute atomic E-state index is 12.9. The third-order valence-electron chi connectivity index (χ3n) is 6.36. The second-order valence-electron chi connectivity index (χ2n) is 7.96. The van der Waals surface area contributed by atoms with E-state index in [2.05, 4.69) is 26.6 Å². The van der Waals surface area contributed by atoms with Crippen LogP contribution < -0.4 is 10.6 Å². The average Bonchev–Trinajstić information content (AvgIpc) is 3.34. The van der Waals surface area contributed by atoms with Crippen LogP contribution in [0.15, 0.2) is 48.5 Å². The Labute approximate surface area is 186 Å². The molecule has 2 bridgehead atoms. The van der Waals surface area contributed by atoms with E-state index in [1.165, 1.54) is 0 Å². The molecule has 6 atom stereocenters. The molecular weight excluding hydrogens is 472 g/mol. The number of hydrogen-bond acceptors (Lipinski definition) is 4. The SMILES string of the molecule is O=C(Nc1ccccc1Cl)c1ccc(NC(=O)[C@@H]2[C@H]3C[C@H]4[C@H](OC(=O)[C@H]42)[C@@H]3Br)cc1. The fraction of sp³-hybridized carbons (Fsp3) is 0.318. The van der Waals surface area contributed by atoms with Crippen molar-refractivity contribution in [2.75, 3.05) is 10.6 Å². The minimum Gasteiger partial charge on any atom is -0.461 e. The number of carbonyl (C=O) groups is 3. The first-order chi connectivity index (χ1) is 14.4. The smallest absolute Gasteiger partial charge is 0.310 e. The number of alkyl halides is 1. The number of esters is 1. The predicted octanol–water partition coefficient (Wildman–Crippen LogP) is 4.10. The quantitative estimate of drug-likeness (QED) is 0.500. The van der Waals surface area contributed by atoms with Crippen molar-refractivity contribution in [1.82, 2.24) is 0 Å². The molecule has 2 N–H and O–H groups in total. The summed E-state index contributed by atoms with van der Waals surface area (Å²) in [6, 6.07) is 13.6. The molecule has 30 heavy (non-hydrogen) atoms. The van der Waals surface area contributed by atoms with Gasteiger partial charge in [0, 0.05) is 17.2 Å². The van der Waals surface area contributed by atoms with Crippen LogP contribution in [0.1, 0.15) is 16.8 Å². The number of amides is 2. The van der Waals surface area contributed by atoms with E-state index in [1.54, 1.807) is 48.5 Å². The number of anilines is 2. The molecule has 0 radical (unpaired) electrons. The van der Waals surface area contributed by atoms with E-state index in [9.17, 15) is 14.4 Å².